The molecule has 0 aliphatic carbocycles. The highest BCUT2D eigenvalue weighted by Gasteiger charge is 2.11. The summed E-state index contributed by atoms with van der Waals surface area (Å²) in [5, 5.41) is 5.74. The van der Waals surface area contributed by atoms with Gasteiger partial charge in [-0.25, -0.2) is 0 Å². The summed E-state index contributed by atoms with van der Waals surface area (Å²) >= 11 is 0. The smallest absolute Gasteiger partial charge is 0.222 e. The molecule has 3 heteroatoms. The lowest BCUT2D eigenvalue weighted by atomic mass is 10.2. The van der Waals surface area contributed by atoms with Crippen molar-refractivity contribution in [3.8, 4) is 0 Å². The number of carbonyl (C=O) groups excluding carboxylic acids is 1. The predicted octanol–water partition coefficient (Wildman–Crippen LogP) is -0.558. The standard InChI is InChI=1S/C5H10N2O/c1-4-2-5(8)7-3-6-4/h4,6H,2-3H2,1H3,(H,7,8). The molecule has 1 heterocycles. The number of hydrogen-bond donors (Lipinski definition) is 2. The van der Waals surface area contributed by atoms with Crippen LogP contribution in [0.2, 0.25) is 0 Å². The quantitative estimate of drug-likeness (QED) is 0.443. The average Bonchev–Trinajstić information content (AvgIpc) is 1.64. The van der Waals surface area contributed by atoms with E-state index in [0.29, 0.717) is 19.1 Å². The van der Waals surface area contributed by atoms with Crippen LogP contribution in [0.25, 0.3) is 0 Å². The Balaban J connectivity index is 2.34. The van der Waals surface area contributed by atoms with Crippen molar-refractivity contribution in [2.24, 2.45) is 0 Å². The molecule has 1 aliphatic rings. The lowest BCUT2D eigenvalue weighted by Crippen LogP contribution is -2.46. The maximum absolute atomic E-state index is 10.5. The molecule has 1 fully saturated rings. The van der Waals surface area contributed by atoms with Crippen molar-refractivity contribution in [2.45, 2.75) is 19.4 Å². The van der Waals surface area contributed by atoms with Crippen LogP contribution in [-0.4, -0.2) is 18.6 Å². The molecule has 0 radical (unpaired) electrons. The summed E-state index contributed by atoms with van der Waals surface area (Å²) in [4.78, 5) is 10.5. The minimum Gasteiger partial charge on any atom is -0.343 e. The number of amides is 1. The van der Waals surface area contributed by atoms with Gasteiger partial charge in [0.1, 0.15) is 0 Å². The van der Waals surface area contributed by atoms with E-state index in [4.69, 9.17) is 0 Å². The first-order valence-electron chi connectivity index (χ1n) is 2.79. The van der Waals surface area contributed by atoms with Gasteiger partial charge in [0, 0.05) is 12.5 Å². The largest absolute Gasteiger partial charge is 0.343 e. The van der Waals surface area contributed by atoms with Crippen molar-refractivity contribution in [3.05, 3.63) is 0 Å². The number of carbonyl (C=O) groups is 1. The summed E-state index contributed by atoms with van der Waals surface area (Å²) < 4.78 is 0. The Labute approximate surface area is 48.5 Å². The van der Waals surface area contributed by atoms with Gasteiger partial charge in [0.15, 0.2) is 0 Å². The summed E-state index contributed by atoms with van der Waals surface area (Å²) in [7, 11) is 0. The zero-order chi connectivity index (χ0) is 5.98. The minimum atomic E-state index is 0.149. The van der Waals surface area contributed by atoms with Gasteiger partial charge in [-0.2, -0.15) is 0 Å². The third kappa shape index (κ3) is 1.20. The van der Waals surface area contributed by atoms with E-state index in [1.165, 1.54) is 0 Å². The molecule has 46 valence electrons. The van der Waals surface area contributed by atoms with E-state index in [1.807, 2.05) is 6.92 Å². The summed E-state index contributed by atoms with van der Waals surface area (Å²) in [5.41, 5.74) is 0. The van der Waals surface area contributed by atoms with E-state index in [-0.39, 0.29) is 5.91 Å². The molecule has 0 aromatic carbocycles. The molecule has 1 unspecified atom stereocenters. The van der Waals surface area contributed by atoms with Crippen LogP contribution in [-0.2, 0) is 4.79 Å². The van der Waals surface area contributed by atoms with Crippen LogP contribution in [0.1, 0.15) is 13.3 Å². The highest BCUT2D eigenvalue weighted by atomic mass is 16.1. The van der Waals surface area contributed by atoms with E-state index in [1.54, 1.807) is 0 Å². The first-order valence-corrected chi connectivity index (χ1v) is 2.79. The second kappa shape index (κ2) is 2.13. The Kier molecular flexibility index (Phi) is 1.48. The summed E-state index contributed by atoms with van der Waals surface area (Å²) in [6.45, 7) is 2.62. The Hall–Kier alpha value is -0.570. The second-order valence-electron chi connectivity index (χ2n) is 2.09. The Morgan fingerprint density at radius 2 is 2.50 bits per heavy atom. The highest BCUT2D eigenvalue weighted by molar-refractivity contribution is 5.77. The molecule has 0 saturated carbocycles. The topological polar surface area (TPSA) is 41.1 Å². The molecule has 1 aliphatic heterocycles. The number of hydrogen-bond acceptors (Lipinski definition) is 2. The molecule has 0 aromatic heterocycles. The zero-order valence-corrected chi connectivity index (χ0v) is 4.90. The van der Waals surface area contributed by atoms with Crippen molar-refractivity contribution in [1.29, 1.82) is 0 Å². The van der Waals surface area contributed by atoms with E-state index in [0.717, 1.165) is 0 Å². The fourth-order valence-corrected chi connectivity index (χ4v) is 0.746. The lowest BCUT2D eigenvalue weighted by molar-refractivity contribution is -0.122. The third-order valence-electron chi connectivity index (χ3n) is 1.23. The van der Waals surface area contributed by atoms with Gasteiger partial charge in [-0.3, -0.25) is 10.1 Å². The number of nitrogens with one attached hydrogen (secondary N) is 2. The van der Waals surface area contributed by atoms with E-state index < -0.39 is 0 Å². The van der Waals surface area contributed by atoms with Crippen LogP contribution in [0.5, 0.6) is 0 Å². The van der Waals surface area contributed by atoms with E-state index in [9.17, 15) is 4.79 Å². The fourth-order valence-electron chi connectivity index (χ4n) is 0.746. The molecular formula is C5H10N2O. The van der Waals surface area contributed by atoms with Crippen molar-refractivity contribution in [3.63, 3.8) is 0 Å². The third-order valence-corrected chi connectivity index (χ3v) is 1.23. The SMILES string of the molecule is CC1CC(=O)NCN1. The van der Waals surface area contributed by atoms with E-state index >= 15 is 0 Å². The first kappa shape index (κ1) is 5.56. The van der Waals surface area contributed by atoms with Crippen LogP contribution >= 0.6 is 0 Å². The molecule has 0 spiro atoms. The van der Waals surface area contributed by atoms with Crippen LogP contribution in [0.4, 0.5) is 0 Å². The van der Waals surface area contributed by atoms with Gasteiger partial charge >= 0.3 is 0 Å². The molecule has 1 saturated heterocycles. The fraction of sp³-hybridized carbons (Fsp3) is 0.800. The lowest BCUT2D eigenvalue weighted by Gasteiger charge is -2.19. The summed E-state index contributed by atoms with van der Waals surface area (Å²) in [6, 6.07) is 0.351. The normalized spacial score (nSPS) is 29.6. The average molecular weight is 114 g/mol. The Morgan fingerprint density at radius 1 is 1.75 bits per heavy atom. The van der Waals surface area contributed by atoms with Gasteiger partial charge in [0.25, 0.3) is 0 Å². The molecular weight excluding hydrogens is 104 g/mol. The number of rotatable bonds is 0. The molecule has 1 amide bonds. The molecule has 1 rings (SSSR count). The van der Waals surface area contributed by atoms with Gasteiger partial charge in [0.05, 0.1) is 6.67 Å². The zero-order valence-electron chi connectivity index (χ0n) is 4.90. The van der Waals surface area contributed by atoms with E-state index in [2.05, 4.69) is 10.6 Å². The maximum Gasteiger partial charge on any atom is 0.222 e. The van der Waals surface area contributed by atoms with Crippen LogP contribution in [0.15, 0.2) is 0 Å². The summed E-state index contributed by atoms with van der Waals surface area (Å²) in [5.74, 6) is 0.149. The van der Waals surface area contributed by atoms with Crippen LogP contribution in [0.3, 0.4) is 0 Å². The Morgan fingerprint density at radius 3 is 2.88 bits per heavy atom. The van der Waals surface area contributed by atoms with Crippen molar-refractivity contribution in [2.75, 3.05) is 6.67 Å². The molecule has 2 N–H and O–H groups in total. The minimum absolute atomic E-state index is 0.149. The monoisotopic (exact) mass is 114 g/mol. The molecule has 3 nitrogen and oxygen atoms in total. The van der Waals surface area contributed by atoms with Gasteiger partial charge < -0.3 is 5.32 Å². The van der Waals surface area contributed by atoms with Gasteiger partial charge in [-0.15, -0.1) is 0 Å². The highest BCUT2D eigenvalue weighted by Crippen LogP contribution is 1.92. The molecule has 8 heavy (non-hydrogen) atoms. The van der Waals surface area contributed by atoms with Gasteiger partial charge in [-0.1, -0.05) is 0 Å². The molecule has 0 aromatic rings. The van der Waals surface area contributed by atoms with Crippen molar-refractivity contribution in [1.82, 2.24) is 10.6 Å². The second-order valence-corrected chi connectivity index (χ2v) is 2.09. The van der Waals surface area contributed by atoms with Crippen LogP contribution < -0.4 is 10.6 Å². The Bertz CT molecular complexity index is 103. The van der Waals surface area contributed by atoms with Crippen LogP contribution in [0, 0.1) is 0 Å². The maximum atomic E-state index is 10.5. The molecule has 0 bridgehead atoms. The van der Waals surface area contributed by atoms with Gasteiger partial charge in [-0.05, 0) is 6.92 Å². The van der Waals surface area contributed by atoms with Crippen molar-refractivity contribution < 1.29 is 4.79 Å². The van der Waals surface area contributed by atoms with Gasteiger partial charge in [0.2, 0.25) is 5.91 Å². The molecule has 1 atom stereocenters. The predicted molar refractivity (Wildman–Crippen MR) is 30.2 cm³/mol. The summed E-state index contributed by atoms with van der Waals surface area (Å²) in [6.07, 6.45) is 0.611. The van der Waals surface area contributed by atoms with Crippen molar-refractivity contribution >= 4 is 5.91 Å². The first-order chi connectivity index (χ1) is 3.79.